The molecule has 2 aromatic heterocycles. The number of aromatic nitrogens is 2. The Labute approximate surface area is 227 Å². The first kappa shape index (κ1) is 26.4. The highest BCUT2D eigenvalue weighted by Crippen LogP contribution is 2.36. The quantitative estimate of drug-likeness (QED) is 0.170. The molecule has 0 radical (unpaired) electrons. The van der Waals surface area contributed by atoms with E-state index < -0.39 is 5.97 Å². The van der Waals surface area contributed by atoms with Gasteiger partial charge < -0.3 is 24.5 Å². The Morgan fingerprint density at radius 1 is 1.08 bits per heavy atom. The van der Waals surface area contributed by atoms with Crippen LogP contribution < -0.4 is 5.32 Å². The van der Waals surface area contributed by atoms with Crippen molar-refractivity contribution in [3.63, 3.8) is 0 Å². The average molecular weight is 527 g/mol. The largest absolute Gasteiger partial charge is 0.462 e. The maximum Gasteiger partial charge on any atom is 0.340 e. The Morgan fingerprint density at radius 2 is 1.85 bits per heavy atom. The van der Waals surface area contributed by atoms with Gasteiger partial charge in [0.1, 0.15) is 0 Å². The van der Waals surface area contributed by atoms with Crippen LogP contribution in [0.2, 0.25) is 0 Å². The third-order valence-electron chi connectivity index (χ3n) is 7.28. The highest BCUT2D eigenvalue weighted by Gasteiger charge is 2.26. The van der Waals surface area contributed by atoms with Gasteiger partial charge in [-0.3, -0.25) is 9.59 Å². The Hall–Kier alpha value is -4.17. The number of esters is 1. The van der Waals surface area contributed by atoms with E-state index in [2.05, 4.69) is 19.8 Å². The van der Waals surface area contributed by atoms with Crippen molar-refractivity contribution in [1.29, 1.82) is 0 Å². The lowest BCUT2D eigenvalue weighted by atomic mass is 9.93. The molecular formula is C31H34N4O4. The van der Waals surface area contributed by atoms with Crippen LogP contribution in [0.1, 0.15) is 40.7 Å². The topological polar surface area (TPSA) is 96.4 Å². The maximum absolute atomic E-state index is 13.4. The molecule has 1 aliphatic carbocycles. The van der Waals surface area contributed by atoms with Crippen molar-refractivity contribution in [2.75, 3.05) is 34.3 Å². The summed E-state index contributed by atoms with van der Waals surface area (Å²) in [6.45, 7) is 2.13. The predicted molar refractivity (Wildman–Crippen MR) is 153 cm³/mol. The number of likely N-dealkylation sites (N-methyl/N-ethyl adjacent to an activating group) is 1. The lowest BCUT2D eigenvalue weighted by molar-refractivity contribution is -0.115. The molecule has 0 bridgehead atoms. The van der Waals surface area contributed by atoms with Crippen LogP contribution in [-0.4, -0.2) is 66.9 Å². The maximum atomic E-state index is 13.4. The predicted octanol–water partition coefficient (Wildman–Crippen LogP) is 4.50. The number of aldehydes is 1. The number of para-hydroxylation sites is 2. The van der Waals surface area contributed by atoms with Crippen LogP contribution in [0.5, 0.6) is 0 Å². The number of allylic oxidation sites excluding steroid dienone is 1. The van der Waals surface area contributed by atoms with Crippen molar-refractivity contribution in [3.05, 3.63) is 71.5 Å². The van der Waals surface area contributed by atoms with Crippen molar-refractivity contribution in [2.24, 2.45) is 5.92 Å². The molecule has 39 heavy (non-hydrogen) atoms. The number of amides is 1. The van der Waals surface area contributed by atoms with Gasteiger partial charge in [-0.25, -0.2) is 4.79 Å². The minimum Gasteiger partial charge on any atom is -0.462 e. The second kappa shape index (κ2) is 11.3. The van der Waals surface area contributed by atoms with Crippen LogP contribution in [0, 0.1) is 5.92 Å². The summed E-state index contributed by atoms with van der Waals surface area (Å²) < 4.78 is 7.66. The van der Waals surface area contributed by atoms with Gasteiger partial charge in [-0.2, -0.15) is 0 Å². The van der Waals surface area contributed by atoms with Gasteiger partial charge in [0, 0.05) is 59.0 Å². The second-order valence-electron chi connectivity index (χ2n) is 10.4. The Bertz CT molecular complexity index is 1570. The molecule has 1 saturated carbocycles. The molecule has 8 heteroatoms. The number of H-pyrrole nitrogens is 1. The van der Waals surface area contributed by atoms with Gasteiger partial charge in [0.05, 0.1) is 23.3 Å². The summed E-state index contributed by atoms with van der Waals surface area (Å²) >= 11 is 0. The Balaban J connectivity index is 1.63. The summed E-state index contributed by atoms with van der Waals surface area (Å²) in [4.78, 5) is 44.3. The fraction of sp³-hybridized carbons (Fsp3) is 0.323. The zero-order valence-electron chi connectivity index (χ0n) is 22.6. The molecule has 0 atom stereocenters. The molecule has 2 aromatic carbocycles. The molecule has 0 saturated heterocycles. The van der Waals surface area contributed by atoms with Crippen LogP contribution in [0.4, 0.5) is 0 Å². The van der Waals surface area contributed by atoms with Gasteiger partial charge in [0.2, 0.25) is 0 Å². The van der Waals surface area contributed by atoms with E-state index in [1.807, 2.05) is 50.6 Å². The first-order valence-electron chi connectivity index (χ1n) is 13.3. The first-order valence-corrected chi connectivity index (χ1v) is 13.3. The molecule has 0 aliphatic heterocycles. The fourth-order valence-electron chi connectivity index (χ4n) is 5.06. The molecule has 2 heterocycles. The number of aromatic amines is 1. The summed E-state index contributed by atoms with van der Waals surface area (Å²) in [5.74, 6) is -0.331. The van der Waals surface area contributed by atoms with Crippen LogP contribution in [-0.2, 0) is 20.9 Å². The van der Waals surface area contributed by atoms with E-state index in [9.17, 15) is 14.4 Å². The number of hydrogen-bond donors (Lipinski definition) is 2. The van der Waals surface area contributed by atoms with E-state index in [0.29, 0.717) is 45.7 Å². The first-order chi connectivity index (χ1) is 18.9. The van der Waals surface area contributed by atoms with Crippen molar-refractivity contribution in [3.8, 4) is 0 Å². The number of aryl methyl sites for hydroxylation is 1. The van der Waals surface area contributed by atoms with Crippen LogP contribution in [0.3, 0.4) is 0 Å². The van der Waals surface area contributed by atoms with Crippen LogP contribution in [0.15, 0.2) is 54.9 Å². The Kier molecular flexibility index (Phi) is 7.65. The second-order valence-corrected chi connectivity index (χ2v) is 10.4. The minimum atomic E-state index is -0.400. The van der Waals surface area contributed by atoms with E-state index in [-0.39, 0.29) is 11.5 Å². The number of hydrogen-bond acceptors (Lipinski definition) is 5. The van der Waals surface area contributed by atoms with Gasteiger partial charge in [-0.05, 0) is 58.0 Å². The number of benzene rings is 2. The molecule has 202 valence electrons. The SMILES string of the molecule is CNC(=O)/C(=C(\C=O)c1cn(CCCN(C)C)c2ccccc12)c1c[nH]c2c(C(=O)OCC3CC3)cccc12. The van der Waals surface area contributed by atoms with Crippen LogP contribution in [0.25, 0.3) is 33.0 Å². The molecule has 8 nitrogen and oxygen atoms in total. The van der Waals surface area contributed by atoms with Crippen molar-refractivity contribution in [2.45, 2.75) is 25.8 Å². The number of carbonyl (C=O) groups is 3. The monoisotopic (exact) mass is 526 g/mol. The molecule has 1 aliphatic rings. The lowest BCUT2D eigenvalue weighted by Crippen LogP contribution is -2.20. The van der Waals surface area contributed by atoms with Gasteiger partial charge >= 0.3 is 5.97 Å². The summed E-state index contributed by atoms with van der Waals surface area (Å²) in [6, 6.07) is 13.2. The number of fused-ring (bicyclic) bond motifs is 2. The third kappa shape index (κ3) is 5.38. The molecule has 0 spiro atoms. The van der Waals surface area contributed by atoms with E-state index in [1.165, 1.54) is 0 Å². The van der Waals surface area contributed by atoms with E-state index in [0.717, 1.165) is 49.5 Å². The van der Waals surface area contributed by atoms with Gasteiger partial charge in [0.25, 0.3) is 5.91 Å². The van der Waals surface area contributed by atoms with Gasteiger partial charge in [0.15, 0.2) is 6.29 Å². The smallest absolute Gasteiger partial charge is 0.340 e. The molecule has 4 aromatic rings. The van der Waals surface area contributed by atoms with Crippen LogP contribution >= 0.6 is 0 Å². The Morgan fingerprint density at radius 3 is 2.56 bits per heavy atom. The minimum absolute atomic E-state index is 0.249. The number of nitrogens with one attached hydrogen (secondary N) is 2. The standard InChI is InChI=1S/C31H34N4O4/c1-32-30(37)28(24-16-33-29-22(24)9-6-10-23(29)31(38)39-19-20-12-13-20)26(18-36)25-17-35(15-7-14-34(2)3)27-11-5-4-8-21(25)27/h4-6,8-11,16-18,20,33H,7,12-15,19H2,1-3H3,(H,32,37)/b28-26+. The summed E-state index contributed by atoms with van der Waals surface area (Å²) in [5.41, 5.74) is 3.76. The number of nitrogens with zero attached hydrogens (tertiary/aromatic N) is 2. The highest BCUT2D eigenvalue weighted by molar-refractivity contribution is 6.38. The number of ether oxygens (including phenoxy) is 1. The number of carbonyl (C=O) groups excluding carboxylic acids is 3. The van der Waals surface area contributed by atoms with Crippen molar-refractivity contribution >= 4 is 51.1 Å². The third-order valence-corrected chi connectivity index (χ3v) is 7.28. The lowest BCUT2D eigenvalue weighted by Gasteiger charge is -2.11. The molecule has 0 unspecified atom stereocenters. The highest BCUT2D eigenvalue weighted by atomic mass is 16.5. The summed E-state index contributed by atoms with van der Waals surface area (Å²) in [6.07, 6.45) is 7.52. The zero-order chi connectivity index (χ0) is 27.5. The van der Waals surface area contributed by atoms with E-state index in [4.69, 9.17) is 4.74 Å². The normalized spacial score (nSPS) is 14.1. The van der Waals surface area contributed by atoms with E-state index in [1.54, 1.807) is 25.4 Å². The molecule has 1 fully saturated rings. The zero-order valence-corrected chi connectivity index (χ0v) is 22.6. The number of rotatable bonds is 11. The van der Waals surface area contributed by atoms with Gasteiger partial charge in [-0.15, -0.1) is 0 Å². The van der Waals surface area contributed by atoms with Gasteiger partial charge in [-0.1, -0.05) is 30.3 Å². The molecule has 5 rings (SSSR count). The van der Waals surface area contributed by atoms with Crippen molar-refractivity contribution in [1.82, 2.24) is 19.8 Å². The molecule has 2 N–H and O–H groups in total. The summed E-state index contributed by atoms with van der Waals surface area (Å²) in [5, 5.41) is 4.28. The molecule has 1 amide bonds. The summed E-state index contributed by atoms with van der Waals surface area (Å²) in [7, 11) is 5.63. The fourth-order valence-corrected chi connectivity index (χ4v) is 5.06. The van der Waals surface area contributed by atoms with Crippen molar-refractivity contribution < 1.29 is 19.1 Å². The van der Waals surface area contributed by atoms with E-state index >= 15 is 0 Å². The average Bonchev–Trinajstić information content (AvgIpc) is 3.58. The molecular weight excluding hydrogens is 492 g/mol.